The number of benzene rings is 2. The minimum absolute atomic E-state index is 0.0598. The monoisotopic (exact) mass is 383 g/mol. The Morgan fingerprint density at radius 2 is 1.89 bits per heavy atom. The Kier molecular flexibility index (Phi) is 5.33. The van der Waals surface area contributed by atoms with Crippen molar-refractivity contribution in [2.24, 2.45) is 0 Å². The first-order chi connectivity index (χ1) is 12.9. The minimum atomic E-state index is -0.499. The third-order valence-corrected chi connectivity index (χ3v) is 4.04. The van der Waals surface area contributed by atoms with Gasteiger partial charge in [0, 0.05) is 35.1 Å². The second-order valence-electron chi connectivity index (χ2n) is 5.78. The van der Waals surface area contributed by atoms with Crippen molar-refractivity contribution < 1.29 is 9.72 Å². The fourth-order valence-corrected chi connectivity index (χ4v) is 2.71. The van der Waals surface area contributed by atoms with Crippen molar-refractivity contribution in [2.45, 2.75) is 6.54 Å². The van der Waals surface area contributed by atoms with Gasteiger partial charge in [-0.05, 0) is 29.8 Å². The number of anilines is 1. The molecule has 1 N–H and O–H groups in total. The van der Waals surface area contributed by atoms with Gasteiger partial charge in [0.1, 0.15) is 0 Å². The van der Waals surface area contributed by atoms with E-state index >= 15 is 0 Å². The Balaban J connectivity index is 1.84. The Morgan fingerprint density at radius 1 is 1.11 bits per heavy atom. The summed E-state index contributed by atoms with van der Waals surface area (Å²) in [5.74, 6) is -0.398. The number of nitro benzene ring substituents is 1. The van der Waals surface area contributed by atoms with Crippen molar-refractivity contribution in [1.82, 2.24) is 4.57 Å². The van der Waals surface area contributed by atoms with Gasteiger partial charge in [0.05, 0.1) is 17.0 Å². The van der Waals surface area contributed by atoms with Gasteiger partial charge in [-0.25, -0.2) is 0 Å². The molecule has 0 fully saturated rings. The highest BCUT2D eigenvalue weighted by atomic mass is 35.5. The Hall–Kier alpha value is -3.45. The Morgan fingerprint density at radius 3 is 2.63 bits per heavy atom. The summed E-state index contributed by atoms with van der Waals surface area (Å²) in [7, 11) is 0. The van der Waals surface area contributed by atoms with Crippen molar-refractivity contribution in [1.29, 1.82) is 0 Å². The Bertz CT molecular complexity index is 1080. The normalized spacial score (nSPS) is 10.4. The van der Waals surface area contributed by atoms with E-state index in [0.29, 0.717) is 16.3 Å². The first-order valence-corrected chi connectivity index (χ1v) is 8.31. The van der Waals surface area contributed by atoms with Crippen LogP contribution in [0, 0.1) is 10.1 Å². The summed E-state index contributed by atoms with van der Waals surface area (Å²) in [6.07, 6.45) is 1.42. The van der Waals surface area contributed by atoms with E-state index in [0.717, 1.165) is 0 Å². The van der Waals surface area contributed by atoms with Gasteiger partial charge in [0.2, 0.25) is 0 Å². The zero-order valence-corrected chi connectivity index (χ0v) is 14.7. The van der Waals surface area contributed by atoms with Gasteiger partial charge in [-0.3, -0.25) is 19.7 Å². The highest BCUT2D eigenvalue weighted by Gasteiger charge is 2.10. The molecule has 8 heteroatoms. The number of nitrogens with one attached hydrogen (secondary N) is 1. The maximum Gasteiger partial charge on any atom is 0.269 e. The zero-order valence-electron chi connectivity index (χ0n) is 14.0. The minimum Gasteiger partial charge on any atom is -0.322 e. The van der Waals surface area contributed by atoms with E-state index < -0.39 is 10.8 Å². The van der Waals surface area contributed by atoms with Gasteiger partial charge in [-0.1, -0.05) is 29.8 Å². The molecule has 0 bridgehead atoms. The number of amides is 1. The lowest BCUT2D eigenvalue weighted by Gasteiger charge is -2.09. The summed E-state index contributed by atoms with van der Waals surface area (Å²) in [6, 6.07) is 15.4. The molecule has 3 rings (SSSR count). The van der Waals surface area contributed by atoms with Crippen LogP contribution in [0.3, 0.4) is 0 Å². The number of carbonyl (C=O) groups is 1. The third-order valence-electron chi connectivity index (χ3n) is 3.80. The Labute approximate surface area is 159 Å². The molecule has 1 heterocycles. The summed E-state index contributed by atoms with van der Waals surface area (Å²) in [6.45, 7) is 0.110. The number of non-ortho nitro benzene ring substituents is 1. The van der Waals surface area contributed by atoms with Crippen molar-refractivity contribution in [2.75, 3.05) is 5.32 Å². The summed E-state index contributed by atoms with van der Waals surface area (Å²) < 4.78 is 1.33. The van der Waals surface area contributed by atoms with Crippen LogP contribution in [0.15, 0.2) is 71.7 Å². The van der Waals surface area contributed by atoms with E-state index in [9.17, 15) is 19.7 Å². The molecule has 0 aliphatic rings. The van der Waals surface area contributed by atoms with Crippen LogP contribution in [-0.2, 0) is 6.54 Å². The maximum absolute atomic E-state index is 12.4. The van der Waals surface area contributed by atoms with Crippen molar-refractivity contribution in [3.8, 4) is 0 Å². The molecule has 0 radical (unpaired) electrons. The summed E-state index contributed by atoms with van der Waals surface area (Å²) in [4.78, 5) is 34.9. The van der Waals surface area contributed by atoms with E-state index in [4.69, 9.17) is 11.6 Å². The number of nitrogens with zero attached hydrogens (tertiary/aromatic N) is 2. The topological polar surface area (TPSA) is 94.2 Å². The first kappa shape index (κ1) is 18.3. The SMILES string of the molecule is O=C(Nc1cccc(Cl)c1)c1ccc(=O)n(Cc2cccc([N+](=O)[O-])c2)c1. The second kappa shape index (κ2) is 7.84. The standard InChI is InChI=1S/C19H14ClN3O4/c20-15-4-2-5-16(10-15)21-19(25)14-7-8-18(24)22(12-14)11-13-3-1-6-17(9-13)23(26)27/h1-10,12H,11H2,(H,21,25). The van der Waals surface area contributed by atoms with E-state index in [1.807, 2.05) is 0 Å². The number of nitro groups is 1. The van der Waals surface area contributed by atoms with Crippen LogP contribution in [-0.4, -0.2) is 15.4 Å². The molecular weight excluding hydrogens is 370 g/mol. The van der Waals surface area contributed by atoms with E-state index in [2.05, 4.69) is 5.32 Å². The predicted octanol–water partition coefficient (Wildman–Crippen LogP) is 3.71. The van der Waals surface area contributed by atoms with Gasteiger partial charge in [-0.15, -0.1) is 0 Å². The first-order valence-electron chi connectivity index (χ1n) is 7.93. The number of hydrogen-bond donors (Lipinski definition) is 1. The molecule has 3 aromatic rings. The van der Waals surface area contributed by atoms with Crippen LogP contribution >= 0.6 is 11.6 Å². The summed E-state index contributed by atoms with van der Waals surface area (Å²) >= 11 is 5.90. The number of halogens is 1. The van der Waals surface area contributed by atoms with E-state index in [1.54, 1.807) is 36.4 Å². The van der Waals surface area contributed by atoms with Crippen LogP contribution in [0.25, 0.3) is 0 Å². The highest BCUT2D eigenvalue weighted by molar-refractivity contribution is 6.30. The summed E-state index contributed by atoms with van der Waals surface area (Å²) in [5.41, 5.74) is 1.01. The zero-order chi connectivity index (χ0) is 19.4. The molecule has 27 heavy (non-hydrogen) atoms. The van der Waals surface area contributed by atoms with Crippen molar-refractivity contribution >= 4 is 28.9 Å². The average molecular weight is 384 g/mol. The molecule has 1 aromatic heterocycles. The van der Waals surface area contributed by atoms with Gasteiger partial charge in [-0.2, -0.15) is 0 Å². The molecule has 0 unspecified atom stereocenters. The van der Waals surface area contributed by atoms with E-state index in [1.165, 1.54) is 35.0 Å². The number of hydrogen-bond acceptors (Lipinski definition) is 4. The number of rotatable bonds is 5. The van der Waals surface area contributed by atoms with Gasteiger partial charge >= 0.3 is 0 Å². The predicted molar refractivity (Wildman–Crippen MR) is 102 cm³/mol. The molecule has 2 aromatic carbocycles. The third kappa shape index (κ3) is 4.59. The van der Waals surface area contributed by atoms with Crippen LogP contribution in [0.1, 0.15) is 15.9 Å². The molecular formula is C19H14ClN3O4. The fraction of sp³-hybridized carbons (Fsp3) is 0.0526. The van der Waals surface area contributed by atoms with Gasteiger partial charge in [0.15, 0.2) is 0 Å². The van der Waals surface area contributed by atoms with Crippen LogP contribution in [0.5, 0.6) is 0 Å². The molecule has 0 aliphatic carbocycles. The van der Waals surface area contributed by atoms with Crippen LogP contribution in [0.2, 0.25) is 5.02 Å². The summed E-state index contributed by atoms with van der Waals surface area (Å²) in [5, 5.41) is 14.1. The maximum atomic E-state index is 12.4. The molecule has 0 saturated carbocycles. The second-order valence-corrected chi connectivity index (χ2v) is 6.21. The lowest BCUT2D eigenvalue weighted by atomic mass is 10.2. The largest absolute Gasteiger partial charge is 0.322 e. The van der Waals surface area contributed by atoms with Crippen molar-refractivity contribution in [3.05, 3.63) is 103 Å². The molecule has 0 saturated heterocycles. The molecule has 0 atom stereocenters. The van der Waals surface area contributed by atoms with E-state index in [-0.39, 0.29) is 23.4 Å². The van der Waals surface area contributed by atoms with Gasteiger partial charge in [0.25, 0.3) is 17.2 Å². The average Bonchev–Trinajstić information content (AvgIpc) is 2.63. The highest BCUT2D eigenvalue weighted by Crippen LogP contribution is 2.16. The molecule has 0 aliphatic heterocycles. The van der Waals surface area contributed by atoms with Gasteiger partial charge < -0.3 is 9.88 Å². The molecule has 7 nitrogen and oxygen atoms in total. The molecule has 136 valence electrons. The van der Waals surface area contributed by atoms with Crippen molar-refractivity contribution in [3.63, 3.8) is 0 Å². The quantitative estimate of drug-likeness (QED) is 0.536. The molecule has 1 amide bonds. The van der Waals surface area contributed by atoms with Crippen LogP contribution < -0.4 is 10.9 Å². The number of pyridine rings is 1. The lowest BCUT2D eigenvalue weighted by Crippen LogP contribution is -2.22. The lowest BCUT2D eigenvalue weighted by molar-refractivity contribution is -0.384. The fourth-order valence-electron chi connectivity index (χ4n) is 2.52. The number of aromatic nitrogens is 1. The number of carbonyl (C=O) groups excluding carboxylic acids is 1. The molecule has 0 spiro atoms. The smallest absolute Gasteiger partial charge is 0.269 e. The van der Waals surface area contributed by atoms with Crippen LogP contribution in [0.4, 0.5) is 11.4 Å².